The summed E-state index contributed by atoms with van der Waals surface area (Å²) in [6.45, 7) is 6.25. The summed E-state index contributed by atoms with van der Waals surface area (Å²) in [6.07, 6.45) is 4.07. The Balaban J connectivity index is 1.43. The zero-order valence-electron chi connectivity index (χ0n) is 15.6. The molecule has 142 valence electrons. The largest absolute Gasteiger partial charge is 0.369 e. The van der Waals surface area contributed by atoms with E-state index in [1.165, 1.54) is 11.3 Å². The summed E-state index contributed by atoms with van der Waals surface area (Å²) < 4.78 is 6.40. The van der Waals surface area contributed by atoms with Gasteiger partial charge in [-0.25, -0.2) is 0 Å². The minimum atomic E-state index is -0.179. The van der Waals surface area contributed by atoms with Crippen LogP contribution in [0.4, 0.5) is 0 Å². The second kappa shape index (κ2) is 6.97. The van der Waals surface area contributed by atoms with E-state index in [9.17, 15) is 9.59 Å². The monoisotopic (exact) mass is 376 g/mol. The van der Waals surface area contributed by atoms with Gasteiger partial charge in [0.05, 0.1) is 23.1 Å². The molecule has 3 aliphatic heterocycles. The zero-order valence-corrected chi connectivity index (χ0v) is 16.4. The number of thiophene rings is 1. The number of fused-ring (bicyclic) bond motifs is 1. The van der Waals surface area contributed by atoms with E-state index in [4.69, 9.17) is 4.74 Å². The fourth-order valence-corrected chi connectivity index (χ4v) is 5.89. The second-order valence-corrected chi connectivity index (χ2v) is 8.90. The normalized spacial score (nSPS) is 32.3. The molecule has 6 heteroatoms. The Hall–Kier alpha value is -1.40. The Kier molecular flexibility index (Phi) is 4.82. The lowest BCUT2D eigenvalue weighted by atomic mass is 9.73. The molecule has 5 nitrogen and oxygen atoms in total. The summed E-state index contributed by atoms with van der Waals surface area (Å²) in [5.74, 6) is 1.05. The summed E-state index contributed by atoms with van der Waals surface area (Å²) >= 11 is 1.50. The van der Waals surface area contributed by atoms with Gasteiger partial charge in [-0.15, -0.1) is 11.3 Å². The van der Waals surface area contributed by atoms with Crippen LogP contribution in [0.1, 0.15) is 49.2 Å². The maximum atomic E-state index is 12.8. The van der Waals surface area contributed by atoms with E-state index in [1.54, 1.807) is 0 Å². The van der Waals surface area contributed by atoms with Crippen LogP contribution < -0.4 is 5.32 Å². The topological polar surface area (TPSA) is 58.6 Å². The van der Waals surface area contributed by atoms with Crippen LogP contribution in [0.15, 0.2) is 17.5 Å². The van der Waals surface area contributed by atoms with Crippen LogP contribution in [0.2, 0.25) is 0 Å². The van der Waals surface area contributed by atoms with Gasteiger partial charge in [0.2, 0.25) is 5.91 Å². The highest BCUT2D eigenvalue weighted by molar-refractivity contribution is 7.12. The second-order valence-electron chi connectivity index (χ2n) is 7.95. The third-order valence-corrected chi connectivity index (χ3v) is 7.53. The van der Waals surface area contributed by atoms with Gasteiger partial charge in [0, 0.05) is 30.8 Å². The number of hydrogen-bond donors (Lipinski definition) is 1. The summed E-state index contributed by atoms with van der Waals surface area (Å²) in [7, 11) is 0. The highest BCUT2D eigenvalue weighted by atomic mass is 32.1. The lowest BCUT2D eigenvalue weighted by Gasteiger charge is -2.29. The van der Waals surface area contributed by atoms with Crippen molar-refractivity contribution >= 4 is 23.2 Å². The minimum Gasteiger partial charge on any atom is -0.369 e. The van der Waals surface area contributed by atoms with Crippen molar-refractivity contribution in [2.75, 3.05) is 19.6 Å². The molecule has 1 aromatic heterocycles. The highest BCUT2D eigenvalue weighted by Crippen LogP contribution is 2.54. The molecule has 2 amide bonds. The third-order valence-electron chi connectivity index (χ3n) is 6.67. The molecule has 3 aliphatic rings. The molecular weight excluding hydrogens is 348 g/mol. The molecule has 4 heterocycles. The predicted molar refractivity (Wildman–Crippen MR) is 101 cm³/mol. The van der Waals surface area contributed by atoms with Gasteiger partial charge in [0.25, 0.3) is 5.91 Å². The van der Waals surface area contributed by atoms with Crippen molar-refractivity contribution < 1.29 is 14.3 Å². The summed E-state index contributed by atoms with van der Waals surface area (Å²) in [6, 6.07) is 3.82. The standard InChI is InChI=1S/C20H28N2O3S/c1-3-13(4-2)18(23)21-10-14-15-11-22(19(24)17-6-5-9-26-17)12-20(15)8-7-16(14)25-20/h5-6,9,13-16H,3-4,7-8,10-12H2,1-2H3,(H,21,23)/t14-,15+,16+,20+/m0/s1. The Morgan fingerprint density at radius 1 is 1.42 bits per heavy atom. The van der Waals surface area contributed by atoms with Crippen molar-refractivity contribution in [3.8, 4) is 0 Å². The van der Waals surface area contributed by atoms with E-state index in [0.717, 1.165) is 37.1 Å². The van der Waals surface area contributed by atoms with E-state index >= 15 is 0 Å². The molecule has 0 aliphatic carbocycles. The number of nitrogens with zero attached hydrogens (tertiary/aromatic N) is 1. The molecule has 4 rings (SSSR count). The number of nitrogens with one attached hydrogen (secondary N) is 1. The Morgan fingerprint density at radius 3 is 2.92 bits per heavy atom. The van der Waals surface area contributed by atoms with Gasteiger partial charge in [-0.1, -0.05) is 19.9 Å². The molecule has 3 saturated heterocycles. The molecule has 1 aromatic rings. The number of likely N-dealkylation sites (tertiary alicyclic amines) is 1. The van der Waals surface area contributed by atoms with Crippen molar-refractivity contribution in [1.29, 1.82) is 0 Å². The molecule has 1 spiro atoms. The van der Waals surface area contributed by atoms with Crippen LogP contribution in [0.25, 0.3) is 0 Å². The van der Waals surface area contributed by atoms with Gasteiger partial charge in [-0.05, 0) is 37.1 Å². The molecule has 26 heavy (non-hydrogen) atoms. The average molecular weight is 377 g/mol. The Morgan fingerprint density at radius 2 is 2.23 bits per heavy atom. The van der Waals surface area contributed by atoms with E-state index in [2.05, 4.69) is 19.2 Å². The lowest BCUT2D eigenvalue weighted by Crippen LogP contribution is -2.43. The number of amides is 2. The van der Waals surface area contributed by atoms with Gasteiger partial charge < -0.3 is 15.0 Å². The first-order valence-electron chi connectivity index (χ1n) is 9.86. The van der Waals surface area contributed by atoms with Crippen molar-refractivity contribution in [3.63, 3.8) is 0 Å². The highest BCUT2D eigenvalue weighted by Gasteiger charge is 2.63. The van der Waals surface area contributed by atoms with Crippen molar-refractivity contribution in [2.45, 2.75) is 51.2 Å². The minimum absolute atomic E-state index is 0.101. The average Bonchev–Trinajstić information content (AvgIpc) is 3.40. The van der Waals surface area contributed by atoms with Crippen LogP contribution in [-0.2, 0) is 9.53 Å². The molecule has 0 saturated carbocycles. The van der Waals surface area contributed by atoms with Gasteiger partial charge in [0.1, 0.15) is 0 Å². The number of carbonyl (C=O) groups excluding carboxylic acids is 2. The third kappa shape index (κ3) is 2.87. The fraction of sp³-hybridized carbons (Fsp3) is 0.700. The number of rotatable bonds is 6. The Bertz CT molecular complexity index is 673. The smallest absolute Gasteiger partial charge is 0.264 e. The van der Waals surface area contributed by atoms with E-state index < -0.39 is 0 Å². The quantitative estimate of drug-likeness (QED) is 0.830. The molecule has 1 N–H and O–H groups in total. The summed E-state index contributed by atoms with van der Waals surface area (Å²) in [5, 5.41) is 5.12. The molecule has 3 fully saturated rings. The van der Waals surface area contributed by atoms with E-state index in [0.29, 0.717) is 24.9 Å². The van der Waals surface area contributed by atoms with Gasteiger partial charge in [-0.2, -0.15) is 0 Å². The number of hydrogen-bond acceptors (Lipinski definition) is 4. The van der Waals surface area contributed by atoms with Crippen molar-refractivity contribution in [1.82, 2.24) is 10.2 Å². The van der Waals surface area contributed by atoms with E-state index in [1.807, 2.05) is 22.4 Å². The first kappa shape index (κ1) is 18.0. The fourth-order valence-electron chi connectivity index (χ4n) is 5.20. The zero-order chi connectivity index (χ0) is 18.3. The van der Waals surface area contributed by atoms with Crippen LogP contribution in [0, 0.1) is 17.8 Å². The van der Waals surface area contributed by atoms with Crippen LogP contribution >= 0.6 is 11.3 Å². The molecule has 2 bridgehead atoms. The molecular formula is C20H28N2O3S. The number of ether oxygens (including phenoxy) is 1. The maximum absolute atomic E-state index is 12.8. The van der Waals surface area contributed by atoms with Crippen molar-refractivity contribution in [3.05, 3.63) is 22.4 Å². The molecule has 4 atom stereocenters. The van der Waals surface area contributed by atoms with Crippen LogP contribution in [-0.4, -0.2) is 48.1 Å². The SMILES string of the molecule is CCC(CC)C(=O)NC[C@H]1[C@H]2CN(C(=O)c3cccs3)C[C@]23CC[C@H]1O3. The summed E-state index contributed by atoms with van der Waals surface area (Å²) in [4.78, 5) is 27.9. The van der Waals surface area contributed by atoms with Crippen LogP contribution in [0.5, 0.6) is 0 Å². The van der Waals surface area contributed by atoms with E-state index in [-0.39, 0.29) is 29.4 Å². The van der Waals surface area contributed by atoms with Gasteiger partial charge >= 0.3 is 0 Å². The van der Waals surface area contributed by atoms with Gasteiger partial charge in [0.15, 0.2) is 0 Å². The van der Waals surface area contributed by atoms with Crippen LogP contribution in [0.3, 0.4) is 0 Å². The molecule has 0 unspecified atom stereocenters. The summed E-state index contributed by atoms with van der Waals surface area (Å²) in [5.41, 5.74) is -0.179. The maximum Gasteiger partial charge on any atom is 0.264 e. The van der Waals surface area contributed by atoms with Crippen molar-refractivity contribution in [2.24, 2.45) is 17.8 Å². The van der Waals surface area contributed by atoms with Gasteiger partial charge in [-0.3, -0.25) is 9.59 Å². The predicted octanol–water partition coefficient (Wildman–Crippen LogP) is 2.92. The molecule has 0 radical (unpaired) electrons. The lowest BCUT2D eigenvalue weighted by molar-refractivity contribution is -0.125. The number of carbonyl (C=O) groups is 2. The Labute approximate surface area is 159 Å². The first-order valence-corrected chi connectivity index (χ1v) is 10.7. The molecule has 0 aromatic carbocycles. The first-order chi connectivity index (χ1) is 12.6.